The van der Waals surface area contributed by atoms with Crippen molar-refractivity contribution in [3.05, 3.63) is 23.7 Å². The Morgan fingerprint density at radius 2 is 2.17 bits per heavy atom. The van der Waals surface area contributed by atoms with Crippen LogP contribution in [-0.2, 0) is 4.79 Å². The van der Waals surface area contributed by atoms with E-state index in [2.05, 4.69) is 11.6 Å². The number of carboxylic acids is 1. The number of hydrogen-bond acceptors (Lipinski definition) is 4. The summed E-state index contributed by atoms with van der Waals surface area (Å²) >= 11 is 0.636. The zero-order chi connectivity index (χ0) is 13.9. The largest absolute Gasteiger partial charge is 0.476 e. The van der Waals surface area contributed by atoms with Crippen LogP contribution in [0.3, 0.4) is 0 Å². The van der Waals surface area contributed by atoms with Crippen molar-refractivity contribution >= 4 is 28.3 Å². The van der Waals surface area contributed by atoms with Crippen LogP contribution in [0.2, 0.25) is 0 Å². The summed E-state index contributed by atoms with van der Waals surface area (Å²) in [6.45, 7) is 2.82. The Labute approximate surface area is 103 Å². The molecule has 0 saturated carbocycles. The number of nitrogens with zero attached hydrogens (tertiary/aromatic N) is 2. The first-order valence-electron chi connectivity index (χ1n) is 4.45. The van der Waals surface area contributed by atoms with E-state index in [4.69, 9.17) is 5.11 Å². The van der Waals surface area contributed by atoms with Gasteiger partial charge in [-0.25, -0.2) is 9.78 Å². The number of anilines is 1. The summed E-state index contributed by atoms with van der Waals surface area (Å²) in [6, 6.07) is 0. The number of carbonyl (C=O) groups is 2. The van der Waals surface area contributed by atoms with E-state index in [0.717, 1.165) is 11.5 Å². The van der Waals surface area contributed by atoms with Gasteiger partial charge in [0.25, 0.3) is 0 Å². The molecule has 0 aliphatic heterocycles. The lowest BCUT2D eigenvalue weighted by atomic mass is 10.4. The van der Waals surface area contributed by atoms with Crippen LogP contribution in [0, 0.1) is 0 Å². The number of aromatic nitrogens is 1. The summed E-state index contributed by atoms with van der Waals surface area (Å²) in [5.41, 5.74) is -0.418. The molecule has 0 aliphatic carbocycles. The summed E-state index contributed by atoms with van der Waals surface area (Å²) < 4.78 is 36.9. The van der Waals surface area contributed by atoms with Crippen LogP contribution in [-0.4, -0.2) is 34.7 Å². The summed E-state index contributed by atoms with van der Waals surface area (Å²) in [4.78, 5) is 25.4. The summed E-state index contributed by atoms with van der Waals surface area (Å²) in [7, 11) is 0. The molecule has 1 heterocycles. The molecule has 0 spiro atoms. The molecule has 1 aromatic rings. The summed E-state index contributed by atoms with van der Waals surface area (Å²) in [5, 5.41) is 9.32. The van der Waals surface area contributed by atoms with Gasteiger partial charge in [0.2, 0.25) is 0 Å². The molecule has 0 radical (unpaired) electrons. The zero-order valence-electron chi connectivity index (χ0n) is 8.77. The van der Waals surface area contributed by atoms with Gasteiger partial charge < -0.3 is 5.11 Å². The minimum Gasteiger partial charge on any atom is -0.476 e. The highest BCUT2D eigenvalue weighted by atomic mass is 32.1. The summed E-state index contributed by atoms with van der Waals surface area (Å²) in [5.74, 6) is -3.50. The van der Waals surface area contributed by atoms with Crippen LogP contribution in [0.15, 0.2) is 18.0 Å². The molecule has 1 rings (SSSR count). The van der Waals surface area contributed by atoms with Crippen molar-refractivity contribution in [1.29, 1.82) is 0 Å². The number of halogens is 3. The van der Waals surface area contributed by atoms with Gasteiger partial charge in [-0.15, -0.1) is 17.9 Å². The van der Waals surface area contributed by atoms with Gasteiger partial charge in [-0.05, 0) is 0 Å². The standard InChI is InChI=1S/C9H7F3N2O3S/c1-2-3-14(7(17)9(10,11)12)8-13-5(4-18-8)6(15)16/h2,4H,1,3H2,(H,15,16). The number of amides is 1. The van der Waals surface area contributed by atoms with Gasteiger partial charge in [-0.3, -0.25) is 9.69 Å². The normalized spacial score (nSPS) is 11.1. The number of carboxylic acid groups (broad SMARTS) is 1. The smallest absolute Gasteiger partial charge is 0.471 e. The molecule has 98 valence electrons. The van der Waals surface area contributed by atoms with Crippen molar-refractivity contribution in [2.75, 3.05) is 11.4 Å². The molecule has 9 heteroatoms. The lowest BCUT2D eigenvalue weighted by molar-refractivity contribution is -0.170. The zero-order valence-corrected chi connectivity index (χ0v) is 9.59. The molecule has 1 aromatic heterocycles. The number of thiazole rings is 1. The van der Waals surface area contributed by atoms with Gasteiger partial charge in [-0.1, -0.05) is 6.08 Å². The third kappa shape index (κ3) is 3.06. The van der Waals surface area contributed by atoms with Crippen LogP contribution in [0.25, 0.3) is 0 Å². The number of hydrogen-bond donors (Lipinski definition) is 1. The molecule has 0 atom stereocenters. The average Bonchev–Trinajstić information content (AvgIpc) is 2.72. The number of aromatic carboxylic acids is 1. The highest BCUT2D eigenvalue weighted by Crippen LogP contribution is 2.26. The highest BCUT2D eigenvalue weighted by Gasteiger charge is 2.43. The fourth-order valence-electron chi connectivity index (χ4n) is 1.02. The van der Waals surface area contributed by atoms with E-state index in [9.17, 15) is 22.8 Å². The lowest BCUT2D eigenvalue weighted by Gasteiger charge is -2.19. The Kier molecular flexibility index (Phi) is 4.07. The second-order valence-electron chi connectivity index (χ2n) is 3.02. The quantitative estimate of drug-likeness (QED) is 0.855. The predicted molar refractivity (Wildman–Crippen MR) is 57.7 cm³/mol. The van der Waals surface area contributed by atoms with Crippen molar-refractivity contribution in [1.82, 2.24) is 4.98 Å². The first kappa shape index (κ1) is 14.2. The van der Waals surface area contributed by atoms with Gasteiger partial charge in [0.1, 0.15) is 0 Å². The van der Waals surface area contributed by atoms with Gasteiger partial charge >= 0.3 is 18.1 Å². The third-order valence-electron chi connectivity index (χ3n) is 1.74. The van der Waals surface area contributed by atoms with Crippen LogP contribution in [0.5, 0.6) is 0 Å². The molecule has 0 bridgehead atoms. The van der Waals surface area contributed by atoms with E-state index in [1.807, 2.05) is 0 Å². The minimum atomic E-state index is -5.06. The van der Waals surface area contributed by atoms with Crippen molar-refractivity contribution in [3.8, 4) is 0 Å². The average molecular weight is 280 g/mol. The Bertz CT molecular complexity index is 484. The van der Waals surface area contributed by atoms with E-state index in [1.165, 1.54) is 0 Å². The molecule has 0 aliphatic rings. The van der Waals surface area contributed by atoms with Crippen molar-refractivity contribution in [3.63, 3.8) is 0 Å². The van der Waals surface area contributed by atoms with E-state index in [0.29, 0.717) is 16.2 Å². The van der Waals surface area contributed by atoms with Gasteiger partial charge in [0.05, 0.1) is 0 Å². The minimum absolute atomic E-state index is 0.324. The first-order valence-corrected chi connectivity index (χ1v) is 5.33. The van der Waals surface area contributed by atoms with E-state index in [1.54, 1.807) is 0 Å². The van der Waals surface area contributed by atoms with E-state index in [-0.39, 0.29) is 5.13 Å². The maximum absolute atomic E-state index is 12.3. The van der Waals surface area contributed by atoms with E-state index < -0.39 is 30.3 Å². The van der Waals surface area contributed by atoms with Crippen molar-refractivity contribution in [2.45, 2.75) is 6.18 Å². The molecule has 5 nitrogen and oxygen atoms in total. The molecule has 18 heavy (non-hydrogen) atoms. The Morgan fingerprint density at radius 1 is 1.56 bits per heavy atom. The molecule has 0 unspecified atom stereocenters. The topological polar surface area (TPSA) is 70.5 Å². The predicted octanol–water partition coefficient (Wildman–Crippen LogP) is 1.92. The first-order chi connectivity index (χ1) is 8.27. The SMILES string of the molecule is C=CCN(C(=O)C(F)(F)F)c1nc(C(=O)O)cs1. The Morgan fingerprint density at radius 3 is 2.56 bits per heavy atom. The third-order valence-corrected chi connectivity index (χ3v) is 2.61. The van der Waals surface area contributed by atoms with Crippen LogP contribution < -0.4 is 4.90 Å². The Hall–Kier alpha value is -1.90. The van der Waals surface area contributed by atoms with Crippen LogP contribution >= 0.6 is 11.3 Å². The number of alkyl halides is 3. The molecule has 0 fully saturated rings. The van der Waals surface area contributed by atoms with Gasteiger partial charge in [-0.2, -0.15) is 13.2 Å². The maximum Gasteiger partial charge on any atom is 0.471 e. The fourth-order valence-corrected chi connectivity index (χ4v) is 1.82. The second-order valence-corrected chi connectivity index (χ2v) is 3.86. The number of carbonyl (C=O) groups excluding carboxylic acids is 1. The highest BCUT2D eigenvalue weighted by molar-refractivity contribution is 7.14. The molecular formula is C9H7F3N2O3S. The molecule has 1 N–H and O–H groups in total. The monoisotopic (exact) mass is 280 g/mol. The second kappa shape index (κ2) is 5.17. The summed E-state index contributed by atoms with van der Waals surface area (Å²) in [6.07, 6.45) is -3.97. The van der Waals surface area contributed by atoms with Crippen LogP contribution in [0.4, 0.5) is 18.3 Å². The number of rotatable bonds is 4. The van der Waals surface area contributed by atoms with Gasteiger partial charge in [0.15, 0.2) is 10.8 Å². The van der Waals surface area contributed by atoms with Crippen molar-refractivity contribution < 1.29 is 27.9 Å². The fraction of sp³-hybridized carbons (Fsp3) is 0.222. The van der Waals surface area contributed by atoms with Gasteiger partial charge in [0, 0.05) is 11.9 Å². The Balaban J connectivity index is 3.08. The lowest BCUT2D eigenvalue weighted by Crippen LogP contribution is -2.41. The van der Waals surface area contributed by atoms with Crippen LogP contribution in [0.1, 0.15) is 10.5 Å². The molecular weight excluding hydrogens is 273 g/mol. The van der Waals surface area contributed by atoms with E-state index >= 15 is 0 Å². The molecule has 0 saturated heterocycles. The molecule has 0 aromatic carbocycles. The maximum atomic E-state index is 12.3. The molecule has 1 amide bonds. The van der Waals surface area contributed by atoms with Crippen molar-refractivity contribution in [2.24, 2.45) is 0 Å².